The summed E-state index contributed by atoms with van der Waals surface area (Å²) in [5.41, 5.74) is -0.170. The molecule has 1 aliphatic carbocycles. The van der Waals surface area contributed by atoms with Crippen molar-refractivity contribution >= 4 is 5.91 Å². The van der Waals surface area contributed by atoms with Crippen molar-refractivity contribution in [3.05, 3.63) is 29.8 Å². The fourth-order valence-corrected chi connectivity index (χ4v) is 2.03. The molecule has 0 bridgehead atoms. The number of carbonyl (C=O) groups is 1. The summed E-state index contributed by atoms with van der Waals surface area (Å²) in [4.78, 5) is 11.9. The average molecular weight is 271 g/mol. The minimum absolute atomic E-state index is 0.00654. The monoisotopic (exact) mass is 271 g/mol. The first-order chi connectivity index (χ1) is 9.04. The van der Waals surface area contributed by atoms with E-state index in [-0.39, 0.29) is 18.3 Å². The van der Waals surface area contributed by atoms with Crippen LogP contribution in [-0.2, 0) is 0 Å². The smallest absolute Gasteiger partial charge is 0.387 e. The van der Waals surface area contributed by atoms with Gasteiger partial charge in [-0.05, 0) is 43.5 Å². The van der Waals surface area contributed by atoms with Crippen LogP contribution < -0.4 is 10.1 Å². The van der Waals surface area contributed by atoms with E-state index in [9.17, 15) is 18.7 Å². The highest BCUT2D eigenvalue weighted by molar-refractivity contribution is 5.94. The summed E-state index contributed by atoms with van der Waals surface area (Å²) in [7, 11) is 0. The van der Waals surface area contributed by atoms with Gasteiger partial charge in [0.2, 0.25) is 0 Å². The molecule has 1 aliphatic rings. The number of carbonyl (C=O) groups excluding carboxylic acids is 1. The quantitative estimate of drug-likeness (QED) is 0.860. The summed E-state index contributed by atoms with van der Waals surface area (Å²) in [6, 6.07) is 5.45. The molecule has 2 N–H and O–H groups in total. The van der Waals surface area contributed by atoms with E-state index in [2.05, 4.69) is 10.1 Å². The van der Waals surface area contributed by atoms with Crippen molar-refractivity contribution in [3.8, 4) is 5.75 Å². The Kier molecular flexibility index (Phi) is 3.99. The largest absolute Gasteiger partial charge is 0.435 e. The number of rotatable bonds is 5. The number of alkyl halides is 2. The second kappa shape index (κ2) is 5.52. The van der Waals surface area contributed by atoms with E-state index < -0.39 is 12.2 Å². The Morgan fingerprint density at radius 2 is 2.00 bits per heavy atom. The minimum atomic E-state index is -2.88. The van der Waals surface area contributed by atoms with Crippen LogP contribution in [0.15, 0.2) is 24.3 Å². The van der Waals surface area contributed by atoms with E-state index in [1.54, 1.807) is 0 Å². The highest BCUT2D eigenvalue weighted by atomic mass is 19.3. The van der Waals surface area contributed by atoms with Crippen LogP contribution in [0.5, 0.6) is 5.75 Å². The summed E-state index contributed by atoms with van der Waals surface area (Å²) in [5.74, 6) is -0.315. The van der Waals surface area contributed by atoms with E-state index in [0.717, 1.165) is 19.3 Å². The molecule has 0 spiro atoms. The maximum absolute atomic E-state index is 12.0. The highest BCUT2D eigenvalue weighted by Gasteiger charge is 2.37. The zero-order chi connectivity index (χ0) is 13.9. The van der Waals surface area contributed by atoms with Gasteiger partial charge in [-0.2, -0.15) is 8.78 Å². The van der Waals surface area contributed by atoms with Gasteiger partial charge in [0.1, 0.15) is 5.75 Å². The van der Waals surface area contributed by atoms with Crippen molar-refractivity contribution in [2.45, 2.75) is 31.4 Å². The van der Waals surface area contributed by atoms with Crippen molar-refractivity contribution in [1.29, 1.82) is 0 Å². The van der Waals surface area contributed by atoms with Crippen LogP contribution in [0, 0.1) is 0 Å². The number of nitrogens with one attached hydrogen (secondary N) is 1. The molecule has 0 saturated heterocycles. The summed E-state index contributed by atoms with van der Waals surface area (Å²) in [6.45, 7) is -2.97. The summed E-state index contributed by atoms with van der Waals surface area (Å²) < 4.78 is 28.1. The lowest BCUT2D eigenvalue weighted by Crippen LogP contribution is -2.56. The van der Waals surface area contributed by atoms with Crippen molar-refractivity contribution in [3.63, 3.8) is 0 Å². The molecule has 0 radical (unpaired) electrons. The van der Waals surface area contributed by atoms with Crippen LogP contribution in [0.25, 0.3) is 0 Å². The number of hydrogen-bond donors (Lipinski definition) is 2. The van der Waals surface area contributed by atoms with E-state index in [0.29, 0.717) is 5.56 Å². The Morgan fingerprint density at radius 3 is 2.42 bits per heavy atom. The van der Waals surface area contributed by atoms with Crippen molar-refractivity contribution in [2.75, 3.05) is 6.61 Å². The SMILES string of the molecule is O=C(NC1(CO)CCC1)c1ccc(OC(F)F)cc1. The van der Waals surface area contributed by atoms with Crippen LogP contribution in [0.1, 0.15) is 29.6 Å². The van der Waals surface area contributed by atoms with Crippen molar-refractivity contribution in [2.24, 2.45) is 0 Å². The maximum atomic E-state index is 12.0. The van der Waals surface area contributed by atoms with Crippen molar-refractivity contribution in [1.82, 2.24) is 5.32 Å². The number of aliphatic hydroxyl groups excluding tert-OH is 1. The average Bonchev–Trinajstić information content (AvgIpc) is 2.34. The molecule has 0 aromatic heterocycles. The second-order valence-electron chi connectivity index (χ2n) is 4.65. The third-order valence-electron chi connectivity index (χ3n) is 3.33. The zero-order valence-corrected chi connectivity index (χ0v) is 10.2. The first kappa shape index (κ1) is 13.7. The molecule has 1 fully saturated rings. The molecule has 0 atom stereocenters. The Hall–Kier alpha value is -1.69. The van der Waals surface area contributed by atoms with Gasteiger partial charge in [0.25, 0.3) is 5.91 Å². The van der Waals surface area contributed by atoms with E-state index >= 15 is 0 Å². The Bertz CT molecular complexity index is 438. The molecule has 19 heavy (non-hydrogen) atoms. The van der Waals surface area contributed by atoms with Crippen LogP contribution >= 0.6 is 0 Å². The minimum Gasteiger partial charge on any atom is -0.435 e. The highest BCUT2D eigenvalue weighted by Crippen LogP contribution is 2.31. The van der Waals surface area contributed by atoms with Gasteiger partial charge in [-0.1, -0.05) is 0 Å². The van der Waals surface area contributed by atoms with Gasteiger partial charge in [0.15, 0.2) is 0 Å². The molecule has 1 saturated carbocycles. The Labute approximate surface area is 109 Å². The lowest BCUT2D eigenvalue weighted by molar-refractivity contribution is -0.0498. The van der Waals surface area contributed by atoms with Crippen LogP contribution in [-0.4, -0.2) is 29.8 Å². The molecule has 0 aliphatic heterocycles. The molecule has 104 valence electrons. The third-order valence-corrected chi connectivity index (χ3v) is 3.33. The molecule has 2 rings (SSSR count). The predicted molar refractivity (Wildman–Crippen MR) is 64.2 cm³/mol. The fraction of sp³-hybridized carbons (Fsp3) is 0.462. The van der Waals surface area contributed by atoms with Crippen LogP contribution in [0.2, 0.25) is 0 Å². The van der Waals surface area contributed by atoms with Gasteiger partial charge >= 0.3 is 6.61 Å². The van der Waals surface area contributed by atoms with Gasteiger partial charge in [0.05, 0.1) is 12.1 Å². The molecule has 4 nitrogen and oxygen atoms in total. The van der Waals surface area contributed by atoms with Crippen LogP contribution in [0.3, 0.4) is 0 Å². The molecule has 0 unspecified atom stereocenters. The van der Waals surface area contributed by atoms with Gasteiger partial charge in [-0.25, -0.2) is 0 Å². The van der Waals surface area contributed by atoms with E-state index in [1.807, 2.05) is 0 Å². The molecular weight excluding hydrogens is 256 g/mol. The first-order valence-corrected chi connectivity index (χ1v) is 6.03. The Morgan fingerprint density at radius 1 is 1.37 bits per heavy atom. The molecule has 6 heteroatoms. The molecule has 1 amide bonds. The fourth-order valence-electron chi connectivity index (χ4n) is 2.03. The molecule has 1 aromatic rings. The number of halogens is 2. The number of benzene rings is 1. The lowest BCUT2D eigenvalue weighted by atomic mass is 9.77. The Balaban J connectivity index is 1.99. The predicted octanol–water partition coefficient (Wildman–Crippen LogP) is 1.93. The first-order valence-electron chi connectivity index (χ1n) is 6.03. The number of hydrogen-bond acceptors (Lipinski definition) is 3. The second-order valence-corrected chi connectivity index (χ2v) is 4.65. The maximum Gasteiger partial charge on any atom is 0.387 e. The van der Waals surface area contributed by atoms with E-state index in [4.69, 9.17) is 0 Å². The summed E-state index contributed by atoms with van der Waals surface area (Å²) >= 11 is 0. The topological polar surface area (TPSA) is 58.6 Å². The number of amides is 1. The normalized spacial score (nSPS) is 16.8. The van der Waals surface area contributed by atoms with E-state index in [1.165, 1.54) is 24.3 Å². The third kappa shape index (κ3) is 3.20. The van der Waals surface area contributed by atoms with Crippen LogP contribution in [0.4, 0.5) is 8.78 Å². The summed E-state index contributed by atoms with van der Waals surface area (Å²) in [6.07, 6.45) is 2.48. The summed E-state index contributed by atoms with van der Waals surface area (Å²) in [5, 5.41) is 12.0. The number of ether oxygens (including phenoxy) is 1. The zero-order valence-electron chi connectivity index (χ0n) is 10.2. The standard InChI is InChI=1S/C13H15F2NO3/c14-12(15)19-10-4-2-9(3-5-10)11(18)16-13(8-17)6-1-7-13/h2-5,12,17H,1,6-8H2,(H,16,18). The van der Waals surface area contributed by atoms with Gasteiger partial charge in [-0.3, -0.25) is 4.79 Å². The molecular formula is C13H15F2NO3. The van der Waals surface area contributed by atoms with Gasteiger partial charge < -0.3 is 15.2 Å². The van der Waals surface area contributed by atoms with Gasteiger partial charge in [0, 0.05) is 5.56 Å². The molecule has 1 aromatic carbocycles. The lowest BCUT2D eigenvalue weighted by Gasteiger charge is -2.40. The number of aliphatic hydroxyl groups is 1. The van der Waals surface area contributed by atoms with Gasteiger partial charge in [-0.15, -0.1) is 0 Å². The molecule has 0 heterocycles. The van der Waals surface area contributed by atoms with Crippen molar-refractivity contribution < 1.29 is 23.4 Å².